The second-order valence-corrected chi connectivity index (χ2v) is 9.77. The molecule has 2 aliphatic rings. The number of rotatable bonds is 5. The summed E-state index contributed by atoms with van der Waals surface area (Å²) in [4.78, 5) is 24.9. The molecule has 1 saturated heterocycles. The Hall–Kier alpha value is -3.89. The Kier molecular flexibility index (Phi) is 6.04. The quantitative estimate of drug-likeness (QED) is 0.442. The molecule has 0 bridgehead atoms. The lowest BCUT2D eigenvalue weighted by Crippen LogP contribution is -2.35. The molecule has 2 aliphatic heterocycles. The molecule has 0 spiro atoms. The topological polar surface area (TPSA) is 106 Å². The van der Waals surface area contributed by atoms with E-state index in [-0.39, 0.29) is 18.2 Å². The third kappa shape index (κ3) is 4.40. The van der Waals surface area contributed by atoms with Gasteiger partial charge in [0.05, 0.1) is 23.9 Å². The summed E-state index contributed by atoms with van der Waals surface area (Å²) >= 11 is 1.59. The number of carbonyl (C=O) groups excluding carboxylic acids is 1. The number of nitrogens with one attached hydrogen (secondary N) is 1. The average Bonchev–Trinajstić information content (AvgIpc) is 3.51. The predicted octanol–water partition coefficient (Wildman–Crippen LogP) is 3.74. The van der Waals surface area contributed by atoms with Crippen molar-refractivity contribution in [3.8, 4) is 11.6 Å². The van der Waals surface area contributed by atoms with Crippen LogP contribution in [0.25, 0.3) is 11.6 Å². The predicted molar refractivity (Wildman–Crippen MR) is 138 cm³/mol. The van der Waals surface area contributed by atoms with Crippen LogP contribution in [0.5, 0.6) is 0 Å². The van der Waals surface area contributed by atoms with Crippen molar-refractivity contribution in [3.05, 3.63) is 76.3 Å². The van der Waals surface area contributed by atoms with Crippen LogP contribution < -0.4 is 10.2 Å². The fourth-order valence-electron chi connectivity index (χ4n) is 4.43. The van der Waals surface area contributed by atoms with E-state index in [1.165, 1.54) is 0 Å². The van der Waals surface area contributed by atoms with Crippen molar-refractivity contribution >= 4 is 33.8 Å². The van der Waals surface area contributed by atoms with Crippen LogP contribution in [0.15, 0.2) is 64.0 Å². The van der Waals surface area contributed by atoms with Gasteiger partial charge in [-0.1, -0.05) is 59.7 Å². The number of hydrogen-bond acceptors (Lipinski definition) is 10. The number of thiazole rings is 1. The van der Waals surface area contributed by atoms with Crippen LogP contribution in [-0.4, -0.2) is 59.1 Å². The van der Waals surface area contributed by atoms with Gasteiger partial charge < -0.3 is 19.4 Å². The Morgan fingerprint density at radius 1 is 1.03 bits per heavy atom. The summed E-state index contributed by atoms with van der Waals surface area (Å²) in [5, 5.41) is 13.4. The summed E-state index contributed by atoms with van der Waals surface area (Å²) in [7, 11) is 0. The minimum absolute atomic E-state index is 0.0772. The van der Waals surface area contributed by atoms with Crippen molar-refractivity contribution in [2.45, 2.75) is 19.5 Å². The number of Topliss-reactive ketones (excluding diaryl/α,β-unsaturated/α-hetero) is 1. The average molecular weight is 501 g/mol. The van der Waals surface area contributed by atoms with Gasteiger partial charge in [-0.25, -0.2) is 4.98 Å². The molecule has 4 heterocycles. The standard InChI is InChI=1S/C26H24N6O3S/c1-16-27-22(25(36-16)32-11-13-34-14-12-32)24-30-31-26(35-24)29-23-20(33)15-18-9-5-6-10-19(18)21(28-23)17-7-3-2-4-8-17/h2-10,23H,11-15H2,1H3,(H,29,31)/t23-/m1/s1. The summed E-state index contributed by atoms with van der Waals surface area (Å²) in [6.07, 6.45) is -0.613. The van der Waals surface area contributed by atoms with Crippen molar-refractivity contribution in [1.82, 2.24) is 15.2 Å². The highest BCUT2D eigenvalue weighted by atomic mass is 32.1. The number of aryl methyl sites for hydroxylation is 1. The number of aliphatic imine (C=N–C) groups is 1. The van der Waals surface area contributed by atoms with Crippen molar-refractivity contribution in [1.29, 1.82) is 0 Å². The molecule has 0 saturated carbocycles. The lowest BCUT2D eigenvalue weighted by Gasteiger charge is -2.27. The molecule has 36 heavy (non-hydrogen) atoms. The third-order valence-electron chi connectivity index (χ3n) is 6.15. The summed E-state index contributed by atoms with van der Waals surface area (Å²) in [6, 6.07) is 17.9. The molecule has 9 nitrogen and oxygen atoms in total. The fourth-order valence-corrected chi connectivity index (χ4v) is 5.39. The van der Waals surface area contributed by atoms with Gasteiger partial charge in [0, 0.05) is 30.6 Å². The largest absolute Gasteiger partial charge is 0.402 e. The van der Waals surface area contributed by atoms with Gasteiger partial charge in [0.15, 0.2) is 17.6 Å². The monoisotopic (exact) mass is 500 g/mol. The highest BCUT2D eigenvalue weighted by molar-refractivity contribution is 7.16. The molecule has 6 rings (SSSR count). The molecule has 2 aromatic heterocycles. The van der Waals surface area contributed by atoms with Crippen LogP contribution in [0, 0.1) is 6.92 Å². The number of morpholine rings is 1. The summed E-state index contributed by atoms with van der Waals surface area (Å²) in [6.45, 7) is 4.85. The molecule has 0 radical (unpaired) electrons. The second-order valence-electron chi connectivity index (χ2n) is 8.59. The van der Waals surface area contributed by atoms with E-state index in [2.05, 4.69) is 25.4 Å². The van der Waals surface area contributed by atoms with E-state index in [0.29, 0.717) is 24.8 Å². The zero-order valence-corrected chi connectivity index (χ0v) is 20.5. The summed E-state index contributed by atoms with van der Waals surface area (Å²) in [5.74, 6) is 0.228. The Morgan fingerprint density at radius 3 is 2.64 bits per heavy atom. The van der Waals surface area contributed by atoms with E-state index < -0.39 is 6.17 Å². The number of benzene rings is 2. The molecule has 182 valence electrons. The van der Waals surface area contributed by atoms with E-state index in [1.54, 1.807) is 11.3 Å². The Labute approximate surface area is 211 Å². The molecule has 2 aromatic carbocycles. The first kappa shape index (κ1) is 22.6. The highest BCUT2D eigenvalue weighted by Crippen LogP contribution is 2.36. The van der Waals surface area contributed by atoms with E-state index >= 15 is 0 Å². The maximum Gasteiger partial charge on any atom is 0.317 e. The first-order valence-electron chi connectivity index (χ1n) is 11.8. The number of fused-ring (bicyclic) bond motifs is 1. The first-order chi connectivity index (χ1) is 17.7. The second kappa shape index (κ2) is 9.63. The molecule has 10 heteroatoms. The maximum atomic E-state index is 13.2. The minimum Gasteiger partial charge on any atom is -0.402 e. The van der Waals surface area contributed by atoms with Crippen LogP contribution >= 0.6 is 11.3 Å². The molecule has 1 fully saturated rings. The van der Waals surface area contributed by atoms with Gasteiger partial charge in [-0.2, -0.15) is 0 Å². The fraction of sp³-hybridized carbons (Fsp3) is 0.269. The lowest BCUT2D eigenvalue weighted by molar-refractivity contribution is -0.119. The van der Waals surface area contributed by atoms with Crippen molar-refractivity contribution < 1.29 is 13.9 Å². The number of hydrogen-bond donors (Lipinski definition) is 1. The molecular formula is C26H24N6O3S. The van der Waals surface area contributed by atoms with Gasteiger partial charge in [0.1, 0.15) is 5.00 Å². The molecule has 1 atom stereocenters. The van der Waals surface area contributed by atoms with Crippen molar-refractivity contribution in [2.75, 3.05) is 36.5 Å². The summed E-state index contributed by atoms with van der Waals surface area (Å²) < 4.78 is 11.4. The highest BCUT2D eigenvalue weighted by Gasteiger charge is 2.28. The van der Waals surface area contributed by atoms with Gasteiger partial charge in [0.2, 0.25) is 0 Å². The Bertz CT molecular complexity index is 1420. The number of anilines is 2. The van der Waals surface area contributed by atoms with Crippen LogP contribution in [0.2, 0.25) is 0 Å². The van der Waals surface area contributed by atoms with Gasteiger partial charge >= 0.3 is 6.01 Å². The smallest absolute Gasteiger partial charge is 0.317 e. The molecular weight excluding hydrogens is 476 g/mol. The van der Waals surface area contributed by atoms with Crippen LogP contribution in [0.3, 0.4) is 0 Å². The van der Waals surface area contributed by atoms with Gasteiger partial charge in [0.25, 0.3) is 5.89 Å². The van der Waals surface area contributed by atoms with Gasteiger partial charge in [-0.3, -0.25) is 9.79 Å². The van der Waals surface area contributed by atoms with Crippen LogP contribution in [0.4, 0.5) is 11.0 Å². The molecule has 0 unspecified atom stereocenters. The Morgan fingerprint density at radius 2 is 1.81 bits per heavy atom. The SMILES string of the molecule is Cc1nc(-c2nnc(N[C@H]3N=C(c4ccccc4)c4ccccc4CC3=O)o2)c(N2CCOCC2)s1. The number of aromatic nitrogens is 3. The van der Waals surface area contributed by atoms with Crippen molar-refractivity contribution in [2.24, 2.45) is 4.99 Å². The lowest BCUT2D eigenvalue weighted by atomic mass is 9.96. The molecule has 0 amide bonds. The van der Waals surface area contributed by atoms with E-state index in [9.17, 15) is 4.79 Å². The molecule has 4 aromatic rings. The van der Waals surface area contributed by atoms with Gasteiger partial charge in [-0.05, 0) is 12.5 Å². The van der Waals surface area contributed by atoms with E-state index in [4.69, 9.17) is 14.1 Å². The maximum absolute atomic E-state index is 13.2. The first-order valence-corrected chi connectivity index (χ1v) is 12.6. The van der Waals surface area contributed by atoms with E-state index in [1.807, 2.05) is 61.5 Å². The third-order valence-corrected chi connectivity index (χ3v) is 7.18. The molecule has 1 N–H and O–H groups in total. The number of ether oxygens (including phenoxy) is 1. The zero-order chi connectivity index (χ0) is 24.5. The zero-order valence-electron chi connectivity index (χ0n) is 19.7. The van der Waals surface area contributed by atoms with E-state index in [0.717, 1.165) is 45.5 Å². The summed E-state index contributed by atoms with van der Waals surface area (Å²) in [5.41, 5.74) is 4.22. The van der Waals surface area contributed by atoms with Crippen LogP contribution in [0.1, 0.15) is 21.7 Å². The normalized spacial score (nSPS) is 17.9. The van der Waals surface area contributed by atoms with Crippen LogP contribution in [-0.2, 0) is 16.0 Å². The number of nitrogens with zero attached hydrogens (tertiary/aromatic N) is 5. The number of ketones is 1. The number of carbonyl (C=O) groups is 1. The molecule has 0 aliphatic carbocycles. The Balaban J connectivity index is 1.31. The van der Waals surface area contributed by atoms with Gasteiger partial charge in [-0.15, -0.1) is 16.4 Å². The van der Waals surface area contributed by atoms with Crippen molar-refractivity contribution in [3.63, 3.8) is 0 Å². The minimum atomic E-state index is -0.864.